The molecule has 0 bridgehead atoms. The van der Waals surface area contributed by atoms with E-state index in [1.165, 1.54) is 0 Å². The van der Waals surface area contributed by atoms with Crippen LogP contribution < -0.4 is 0 Å². The van der Waals surface area contributed by atoms with Crippen molar-refractivity contribution in [1.29, 1.82) is 0 Å². The van der Waals surface area contributed by atoms with Crippen molar-refractivity contribution in [2.45, 2.75) is 12.8 Å². The van der Waals surface area contributed by atoms with E-state index in [4.69, 9.17) is 5.21 Å². The normalized spacial score (nSPS) is 17.1. The molecule has 0 radical (unpaired) electrons. The molecular weight excluding hydrogens is 170 g/mol. The van der Waals surface area contributed by atoms with Gasteiger partial charge in [0.05, 0.1) is 5.71 Å². The highest BCUT2D eigenvalue weighted by Crippen LogP contribution is 2.08. The molecule has 0 aromatic carbocycles. The van der Waals surface area contributed by atoms with Gasteiger partial charge in [0.2, 0.25) is 0 Å². The zero-order valence-corrected chi connectivity index (χ0v) is 8.03. The van der Waals surface area contributed by atoms with Gasteiger partial charge in [-0.3, -0.25) is 0 Å². The lowest BCUT2D eigenvalue weighted by Gasteiger charge is -2.29. The summed E-state index contributed by atoms with van der Waals surface area (Å²) in [6.07, 6.45) is 1.35. The lowest BCUT2D eigenvalue weighted by molar-refractivity contribution is 0.170. The average molecular weight is 185 g/mol. The first-order valence-corrected chi connectivity index (χ1v) is 4.31. The van der Waals surface area contributed by atoms with Gasteiger partial charge in [0.1, 0.15) is 0 Å². The molecule has 13 heavy (non-hydrogen) atoms. The molecule has 1 saturated heterocycles. The third-order valence-electron chi connectivity index (χ3n) is 2.14. The molecule has 0 unspecified atom stereocenters. The van der Waals surface area contributed by atoms with Gasteiger partial charge in [0.15, 0.2) is 0 Å². The molecule has 1 rings (SSSR count). The van der Waals surface area contributed by atoms with E-state index in [2.05, 4.69) is 5.16 Å². The number of piperidine rings is 1. The van der Waals surface area contributed by atoms with Gasteiger partial charge in [-0.25, -0.2) is 4.79 Å². The van der Waals surface area contributed by atoms with Gasteiger partial charge in [-0.15, -0.1) is 0 Å². The molecule has 5 heteroatoms. The number of amides is 2. The molecule has 5 nitrogen and oxygen atoms in total. The maximum atomic E-state index is 11.4. The number of oxime groups is 1. The van der Waals surface area contributed by atoms with Crippen molar-refractivity contribution in [1.82, 2.24) is 9.80 Å². The summed E-state index contributed by atoms with van der Waals surface area (Å²) in [5, 5.41) is 11.7. The fraction of sp³-hybridized carbons (Fsp3) is 0.750. The Morgan fingerprint density at radius 3 is 2.38 bits per heavy atom. The molecular formula is C8H15N3O2. The first kappa shape index (κ1) is 9.83. The molecule has 1 N–H and O–H groups in total. The number of carbonyl (C=O) groups excluding carboxylic acids is 1. The fourth-order valence-electron chi connectivity index (χ4n) is 1.34. The van der Waals surface area contributed by atoms with Crippen LogP contribution in [0, 0.1) is 0 Å². The topological polar surface area (TPSA) is 56.1 Å². The summed E-state index contributed by atoms with van der Waals surface area (Å²) in [4.78, 5) is 14.8. The highest BCUT2D eigenvalue weighted by atomic mass is 16.4. The number of rotatable bonds is 0. The van der Waals surface area contributed by atoms with Gasteiger partial charge in [0.25, 0.3) is 0 Å². The standard InChI is InChI=1S/C8H15N3O2/c1-10(2)8(12)11-5-3-7(9-13)4-6-11/h13H,3-6H2,1-2H3. The van der Waals surface area contributed by atoms with E-state index in [0.29, 0.717) is 25.9 Å². The lowest BCUT2D eigenvalue weighted by atomic mass is 10.1. The number of hydrogen-bond acceptors (Lipinski definition) is 3. The Kier molecular flexibility index (Phi) is 3.11. The molecule has 0 saturated carbocycles. The molecule has 1 heterocycles. The molecule has 0 aromatic heterocycles. The minimum Gasteiger partial charge on any atom is -0.411 e. The number of hydrogen-bond donors (Lipinski definition) is 1. The molecule has 1 aliphatic heterocycles. The second kappa shape index (κ2) is 4.11. The first-order chi connectivity index (χ1) is 6.15. The number of likely N-dealkylation sites (tertiary alicyclic amines) is 1. The van der Waals surface area contributed by atoms with Crippen LogP contribution in [0.1, 0.15) is 12.8 Å². The largest absolute Gasteiger partial charge is 0.411 e. The maximum absolute atomic E-state index is 11.4. The van der Waals surface area contributed by atoms with Crippen LogP contribution in [0.4, 0.5) is 4.79 Å². The quantitative estimate of drug-likeness (QED) is 0.443. The van der Waals surface area contributed by atoms with Crippen molar-refractivity contribution < 1.29 is 10.0 Å². The number of urea groups is 1. The SMILES string of the molecule is CN(C)C(=O)N1CCC(=NO)CC1. The molecule has 74 valence electrons. The van der Waals surface area contributed by atoms with Crippen LogP contribution in [0.25, 0.3) is 0 Å². The van der Waals surface area contributed by atoms with Gasteiger partial charge in [-0.05, 0) is 0 Å². The predicted octanol–water partition coefficient (Wildman–Crippen LogP) is 0.594. The van der Waals surface area contributed by atoms with Gasteiger partial charge in [-0.2, -0.15) is 0 Å². The third kappa shape index (κ3) is 2.34. The van der Waals surface area contributed by atoms with Crippen molar-refractivity contribution in [2.24, 2.45) is 5.16 Å². The summed E-state index contributed by atoms with van der Waals surface area (Å²) in [6.45, 7) is 1.30. The third-order valence-corrected chi connectivity index (χ3v) is 2.14. The number of nitrogens with zero attached hydrogens (tertiary/aromatic N) is 3. The van der Waals surface area contributed by atoms with E-state index >= 15 is 0 Å². The van der Waals surface area contributed by atoms with Crippen molar-refractivity contribution >= 4 is 11.7 Å². The zero-order valence-electron chi connectivity index (χ0n) is 8.03. The Balaban J connectivity index is 2.45. The van der Waals surface area contributed by atoms with Crippen LogP contribution >= 0.6 is 0 Å². The Hall–Kier alpha value is -1.26. The van der Waals surface area contributed by atoms with Crippen molar-refractivity contribution in [2.75, 3.05) is 27.2 Å². The van der Waals surface area contributed by atoms with Crippen molar-refractivity contribution in [3.63, 3.8) is 0 Å². The van der Waals surface area contributed by atoms with E-state index in [9.17, 15) is 4.79 Å². The van der Waals surface area contributed by atoms with E-state index in [-0.39, 0.29) is 6.03 Å². The van der Waals surface area contributed by atoms with E-state index in [1.807, 2.05) is 0 Å². The smallest absolute Gasteiger partial charge is 0.319 e. The summed E-state index contributed by atoms with van der Waals surface area (Å²) in [5.41, 5.74) is 0.780. The minimum absolute atomic E-state index is 0.0250. The van der Waals surface area contributed by atoms with Crippen molar-refractivity contribution in [3.8, 4) is 0 Å². The van der Waals surface area contributed by atoms with Gasteiger partial charge in [0, 0.05) is 40.0 Å². The molecule has 2 amide bonds. The summed E-state index contributed by atoms with van der Waals surface area (Å²) < 4.78 is 0. The second-order valence-corrected chi connectivity index (χ2v) is 3.33. The maximum Gasteiger partial charge on any atom is 0.319 e. The molecule has 0 spiro atoms. The molecule has 1 aliphatic rings. The minimum atomic E-state index is 0.0250. The van der Waals surface area contributed by atoms with Gasteiger partial charge in [-0.1, -0.05) is 5.16 Å². The fourth-order valence-corrected chi connectivity index (χ4v) is 1.34. The summed E-state index contributed by atoms with van der Waals surface area (Å²) in [7, 11) is 3.47. The van der Waals surface area contributed by atoms with Crippen molar-refractivity contribution in [3.05, 3.63) is 0 Å². The van der Waals surface area contributed by atoms with Crippen LogP contribution in [0.3, 0.4) is 0 Å². The Labute approximate surface area is 77.6 Å². The van der Waals surface area contributed by atoms with Crippen LogP contribution in [0.5, 0.6) is 0 Å². The summed E-state index contributed by atoms with van der Waals surface area (Å²) in [5.74, 6) is 0. The molecule has 1 fully saturated rings. The van der Waals surface area contributed by atoms with E-state index in [0.717, 1.165) is 5.71 Å². The zero-order chi connectivity index (χ0) is 9.84. The second-order valence-electron chi connectivity index (χ2n) is 3.33. The molecule has 0 atom stereocenters. The Morgan fingerprint density at radius 1 is 1.46 bits per heavy atom. The van der Waals surface area contributed by atoms with Gasteiger partial charge < -0.3 is 15.0 Å². The predicted molar refractivity (Wildman–Crippen MR) is 49.1 cm³/mol. The lowest BCUT2D eigenvalue weighted by Crippen LogP contribution is -2.44. The first-order valence-electron chi connectivity index (χ1n) is 4.31. The Morgan fingerprint density at radius 2 is 2.00 bits per heavy atom. The summed E-state index contributed by atoms with van der Waals surface area (Å²) in [6, 6.07) is 0.0250. The molecule has 0 aromatic rings. The summed E-state index contributed by atoms with van der Waals surface area (Å²) >= 11 is 0. The number of carbonyl (C=O) groups is 1. The highest BCUT2D eigenvalue weighted by molar-refractivity contribution is 5.86. The monoisotopic (exact) mass is 185 g/mol. The van der Waals surface area contributed by atoms with Crippen LogP contribution in [-0.2, 0) is 0 Å². The molecule has 0 aliphatic carbocycles. The van der Waals surface area contributed by atoms with Gasteiger partial charge >= 0.3 is 6.03 Å². The average Bonchev–Trinajstić information content (AvgIpc) is 2.17. The Bertz CT molecular complexity index is 215. The van der Waals surface area contributed by atoms with Crippen LogP contribution in [0.15, 0.2) is 5.16 Å². The highest BCUT2D eigenvalue weighted by Gasteiger charge is 2.20. The van der Waals surface area contributed by atoms with E-state index < -0.39 is 0 Å². The van der Waals surface area contributed by atoms with Crippen LogP contribution in [0.2, 0.25) is 0 Å². The van der Waals surface area contributed by atoms with E-state index in [1.54, 1.807) is 23.9 Å². The van der Waals surface area contributed by atoms with Crippen LogP contribution in [-0.4, -0.2) is 53.9 Å².